The van der Waals surface area contributed by atoms with Gasteiger partial charge in [-0.1, -0.05) is 12.2 Å². The molecule has 0 aliphatic rings. The minimum absolute atomic E-state index is 0.00917. The van der Waals surface area contributed by atoms with Crippen molar-refractivity contribution in [3.8, 4) is 0 Å². The minimum atomic E-state index is -5.17. The molecular weight excluding hydrogens is 294 g/mol. The van der Waals surface area contributed by atoms with Crippen molar-refractivity contribution in [3.05, 3.63) is 25.3 Å². The largest absolute Gasteiger partial charge is 0.357 e. The van der Waals surface area contributed by atoms with Crippen LogP contribution in [0, 0.1) is 0 Å². The lowest BCUT2D eigenvalue weighted by molar-refractivity contribution is 0.273. The van der Waals surface area contributed by atoms with Crippen LogP contribution in [0.3, 0.4) is 0 Å². The first kappa shape index (κ1) is 18.7. The zero-order valence-corrected chi connectivity index (χ0v) is 12.2. The maximum atomic E-state index is 11.2. The van der Waals surface area contributed by atoms with E-state index in [-0.39, 0.29) is 6.54 Å². The van der Waals surface area contributed by atoms with Crippen LogP contribution in [0.4, 0.5) is 0 Å². The molecule has 0 rings (SSSR count). The fraction of sp³-hybridized carbons (Fsp3) is 0.556. The van der Waals surface area contributed by atoms with Crippen molar-refractivity contribution in [2.24, 2.45) is 5.73 Å². The van der Waals surface area contributed by atoms with Gasteiger partial charge >= 0.3 is 15.2 Å². The quantitative estimate of drug-likeness (QED) is 0.296. The molecule has 8 nitrogen and oxygen atoms in total. The number of hydrogen-bond donors (Lipinski definition) is 5. The summed E-state index contributed by atoms with van der Waals surface area (Å²) in [6.07, 6.45) is 2.55. The highest BCUT2D eigenvalue weighted by Gasteiger charge is 2.56. The van der Waals surface area contributed by atoms with Crippen molar-refractivity contribution in [2.45, 2.75) is 11.4 Å². The Balaban J connectivity index is 5.06. The third-order valence-corrected chi connectivity index (χ3v) is 6.61. The second-order valence-electron chi connectivity index (χ2n) is 4.05. The topological polar surface area (TPSA) is 144 Å². The summed E-state index contributed by atoms with van der Waals surface area (Å²) in [5, 5.41) is -2.87. The fourth-order valence-corrected chi connectivity index (χ4v) is 3.55. The summed E-state index contributed by atoms with van der Waals surface area (Å²) >= 11 is 0. The molecule has 0 fully saturated rings. The maximum absolute atomic E-state index is 11.2. The molecule has 0 aliphatic carbocycles. The Hall–Kier alpha value is -0.300. The fourth-order valence-electron chi connectivity index (χ4n) is 1.41. The molecule has 0 atom stereocenters. The molecule has 0 saturated carbocycles. The standard InChI is InChI=1S/C9H20N2O6P2/c1-3-6-11(7-4-2)8-5-9(10,18(12,13)14)19(15,16)17/h3-4H,1-2,5-8,10H2,(H2,12,13,14)(H2,15,16,17). The van der Waals surface area contributed by atoms with Gasteiger partial charge in [0, 0.05) is 26.1 Å². The van der Waals surface area contributed by atoms with Crippen LogP contribution in [0.5, 0.6) is 0 Å². The lowest BCUT2D eigenvalue weighted by atomic mass is 10.3. The summed E-state index contributed by atoms with van der Waals surface area (Å²) in [5.74, 6) is 0. The van der Waals surface area contributed by atoms with Crippen LogP contribution < -0.4 is 5.73 Å². The summed E-state index contributed by atoms with van der Waals surface area (Å²) < 4.78 is 22.5. The van der Waals surface area contributed by atoms with Gasteiger partial charge in [-0.2, -0.15) is 0 Å². The monoisotopic (exact) mass is 314 g/mol. The second kappa shape index (κ2) is 6.92. The van der Waals surface area contributed by atoms with Gasteiger partial charge in [0.05, 0.1) is 0 Å². The third-order valence-electron chi connectivity index (χ3n) is 2.58. The lowest BCUT2D eigenvalue weighted by Gasteiger charge is -2.32. The van der Waals surface area contributed by atoms with E-state index in [0.717, 1.165) is 0 Å². The third kappa shape index (κ3) is 4.95. The number of nitrogens with zero attached hydrogens (tertiary/aromatic N) is 1. The second-order valence-corrected chi connectivity index (χ2v) is 8.18. The zero-order valence-electron chi connectivity index (χ0n) is 10.4. The van der Waals surface area contributed by atoms with Crippen LogP contribution in [0.2, 0.25) is 0 Å². The molecule has 0 aliphatic heterocycles. The smallest absolute Gasteiger partial charge is 0.323 e. The van der Waals surface area contributed by atoms with Crippen molar-refractivity contribution < 1.29 is 28.7 Å². The van der Waals surface area contributed by atoms with Crippen molar-refractivity contribution in [3.63, 3.8) is 0 Å². The van der Waals surface area contributed by atoms with E-state index in [1.54, 1.807) is 17.1 Å². The molecular formula is C9H20N2O6P2. The molecule has 0 aromatic carbocycles. The van der Waals surface area contributed by atoms with Gasteiger partial charge in [0.15, 0.2) is 0 Å². The molecule has 0 aromatic heterocycles. The van der Waals surface area contributed by atoms with E-state index in [2.05, 4.69) is 13.2 Å². The van der Waals surface area contributed by atoms with Crippen molar-refractivity contribution in [1.29, 1.82) is 0 Å². The Bertz CT molecular complexity index is 383. The van der Waals surface area contributed by atoms with Crippen LogP contribution in [0.25, 0.3) is 0 Å². The Morgan fingerprint density at radius 3 is 1.68 bits per heavy atom. The molecule has 0 bridgehead atoms. The average Bonchev–Trinajstić information content (AvgIpc) is 2.22. The summed E-state index contributed by atoms with van der Waals surface area (Å²) in [7, 11) is -10.3. The van der Waals surface area contributed by atoms with Gasteiger partial charge in [-0.25, -0.2) is 0 Å². The Kier molecular flexibility index (Phi) is 6.82. The Morgan fingerprint density at radius 2 is 1.42 bits per heavy atom. The van der Waals surface area contributed by atoms with Gasteiger partial charge in [-0.3, -0.25) is 14.0 Å². The highest BCUT2D eigenvalue weighted by atomic mass is 31.2. The molecule has 0 heterocycles. The molecule has 6 N–H and O–H groups in total. The highest BCUT2D eigenvalue weighted by molar-refractivity contribution is 7.72. The van der Waals surface area contributed by atoms with Crippen LogP contribution in [-0.4, -0.2) is 49.1 Å². The van der Waals surface area contributed by atoms with E-state index >= 15 is 0 Å². The van der Waals surface area contributed by atoms with Gasteiger partial charge in [-0.15, -0.1) is 13.2 Å². The lowest BCUT2D eigenvalue weighted by Crippen LogP contribution is -2.42. The van der Waals surface area contributed by atoms with Gasteiger partial charge < -0.3 is 25.3 Å². The SMILES string of the molecule is C=CCN(CC=C)CCC(N)(P(=O)(O)O)P(=O)(O)O. The predicted octanol–water partition coefficient (Wildman–Crippen LogP) is 0.0184. The molecule has 112 valence electrons. The summed E-state index contributed by atoms with van der Waals surface area (Å²) in [6.45, 7) is 7.77. The molecule has 19 heavy (non-hydrogen) atoms. The highest BCUT2D eigenvalue weighted by Crippen LogP contribution is 2.67. The van der Waals surface area contributed by atoms with E-state index in [9.17, 15) is 9.13 Å². The van der Waals surface area contributed by atoms with Crippen LogP contribution in [0.15, 0.2) is 25.3 Å². The number of nitrogens with two attached hydrogens (primary N) is 1. The Labute approximate surface area is 111 Å². The van der Waals surface area contributed by atoms with Crippen molar-refractivity contribution in [2.75, 3.05) is 19.6 Å². The van der Waals surface area contributed by atoms with Crippen LogP contribution >= 0.6 is 15.2 Å². The van der Waals surface area contributed by atoms with Gasteiger partial charge in [-0.05, 0) is 0 Å². The van der Waals surface area contributed by atoms with Gasteiger partial charge in [0.2, 0.25) is 5.02 Å². The normalized spacial score (nSPS) is 13.6. The summed E-state index contributed by atoms with van der Waals surface area (Å²) in [5.41, 5.74) is 5.29. The molecule has 0 saturated heterocycles. The first-order chi connectivity index (χ1) is 8.49. The number of hydrogen-bond acceptors (Lipinski definition) is 4. The molecule has 0 aromatic rings. The van der Waals surface area contributed by atoms with Gasteiger partial charge in [0.1, 0.15) is 0 Å². The van der Waals surface area contributed by atoms with E-state index < -0.39 is 26.6 Å². The molecule has 0 unspecified atom stereocenters. The van der Waals surface area contributed by atoms with E-state index in [1.807, 2.05) is 0 Å². The molecule has 10 heteroatoms. The minimum Gasteiger partial charge on any atom is -0.323 e. The first-order valence-electron chi connectivity index (χ1n) is 5.34. The average molecular weight is 314 g/mol. The summed E-state index contributed by atoms with van der Waals surface area (Å²) in [6, 6.07) is 0. The van der Waals surface area contributed by atoms with Gasteiger partial charge in [0.25, 0.3) is 0 Å². The number of rotatable bonds is 9. The van der Waals surface area contributed by atoms with E-state index in [4.69, 9.17) is 25.3 Å². The predicted molar refractivity (Wildman–Crippen MR) is 72.5 cm³/mol. The molecule has 0 radical (unpaired) electrons. The van der Waals surface area contributed by atoms with Crippen molar-refractivity contribution >= 4 is 15.2 Å². The van der Waals surface area contributed by atoms with E-state index in [1.165, 1.54) is 0 Å². The Morgan fingerprint density at radius 1 is 1.05 bits per heavy atom. The van der Waals surface area contributed by atoms with Crippen molar-refractivity contribution in [1.82, 2.24) is 4.90 Å². The maximum Gasteiger partial charge on any atom is 0.357 e. The zero-order chi connectivity index (χ0) is 15.3. The molecule has 0 amide bonds. The van der Waals surface area contributed by atoms with Crippen LogP contribution in [-0.2, 0) is 9.13 Å². The summed E-state index contributed by atoms with van der Waals surface area (Å²) in [4.78, 5) is 38.0. The van der Waals surface area contributed by atoms with Crippen LogP contribution in [0.1, 0.15) is 6.42 Å². The molecule has 0 spiro atoms. The van der Waals surface area contributed by atoms with E-state index in [0.29, 0.717) is 13.1 Å². The first-order valence-corrected chi connectivity index (χ1v) is 8.56.